The Bertz CT molecular complexity index is 489. The summed E-state index contributed by atoms with van der Waals surface area (Å²) in [6.45, 7) is 6.09. The van der Waals surface area contributed by atoms with Crippen LogP contribution in [-0.4, -0.2) is 18.2 Å². The van der Waals surface area contributed by atoms with Crippen LogP contribution in [0.25, 0.3) is 0 Å². The minimum absolute atomic E-state index is 0.196. The monoisotopic (exact) mass is 276 g/mol. The lowest BCUT2D eigenvalue weighted by Crippen LogP contribution is -2.41. The number of hydrogen-bond donors (Lipinski definition) is 1. The maximum atomic E-state index is 11.6. The van der Waals surface area contributed by atoms with E-state index in [2.05, 4.69) is 26.0 Å². The summed E-state index contributed by atoms with van der Waals surface area (Å²) in [7, 11) is 1.66. The van der Waals surface area contributed by atoms with Gasteiger partial charge < -0.3 is 9.84 Å². The predicted octanol–water partition coefficient (Wildman–Crippen LogP) is 3.76. The summed E-state index contributed by atoms with van der Waals surface area (Å²) < 4.78 is 5.17. The fourth-order valence-electron chi connectivity index (χ4n) is 3.38. The van der Waals surface area contributed by atoms with E-state index in [1.807, 2.05) is 19.1 Å². The van der Waals surface area contributed by atoms with Crippen LogP contribution in [0.15, 0.2) is 24.3 Å². The smallest absolute Gasteiger partial charge is 0.309 e. The molecule has 1 aliphatic rings. The molecule has 1 saturated carbocycles. The van der Waals surface area contributed by atoms with Crippen LogP contribution in [-0.2, 0) is 11.2 Å². The van der Waals surface area contributed by atoms with Crippen molar-refractivity contribution >= 4 is 5.97 Å². The van der Waals surface area contributed by atoms with Crippen LogP contribution in [0.5, 0.6) is 5.75 Å². The van der Waals surface area contributed by atoms with Gasteiger partial charge in [-0.15, -0.1) is 0 Å². The topological polar surface area (TPSA) is 46.5 Å². The van der Waals surface area contributed by atoms with Gasteiger partial charge >= 0.3 is 5.97 Å². The zero-order valence-corrected chi connectivity index (χ0v) is 12.8. The van der Waals surface area contributed by atoms with Crippen molar-refractivity contribution in [2.45, 2.75) is 40.0 Å². The van der Waals surface area contributed by atoms with Crippen molar-refractivity contribution in [3.8, 4) is 5.75 Å². The van der Waals surface area contributed by atoms with Crippen LogP contribution in [0.3, 0.4) is 0 Å². The largest absolute Gasteiger partial charge is 0.497 e. The van der Waals surface area contributed by atoms with Crippen molar-refractivity contribution in [3.63, 3.8) is 0 Å². The number of ether oxygens (including phenoxy) is 1. The van der Waals surface area contributed by atoms with Gasteiger partial charge in [-0.1, -0.05) is 26.0 Å². The summed E-state index contributed by atoms with van der Waals surface area (Å²) in [5.41, 5.74) is 0.432. The van der Waals surface area contributed by atoms with Crippen LogP contribution in [0.2, 0.25) is 0 Å². The summed E-state index contributed by atoms with van der Waals surface area (Å²) in [6.07, 6.45) is 2.66. The molecule has 0 saturated heterocycles. The molecule has 0 unspecified atom stereocenters. The lowest BCUT2D eigenvalue weighted by Gasteiger charge is -2.38. The SMILES string of the molecule is COc1ccc(C[C@H]2CC[C@](C)(C(=O)O)C2(C)C)cc1. The van der Waals surface area contributed by atoms with Gasteiger partial charge in [0.05, 0.1) is 12.5 Å². The Morgan fingerprint density at radius 2 is 1.90 bits per heavy atom. The third-order valence-corrected chi connectivity index (χ3v) is 5.55. The Morgan fingerprint density at radius 1 is 1.30 bits per heavy atom. The van der Waals surface area contributed by atoms with Gasteiger partial charge in [-0.05, 0) is 55.2 Å². The van der Waals surface area contributed by atoms with Crippen LogP contribution < -0.4 is 4.74 Å². The second-order valence-electron chi connectivity index (χ2n) is 6.65. The Kier molecular flexibility index (Phi) is 3.81. The molecular formula is C17H24O3. The third-order valence-electron chi connectivity index (χ3n) is 5.55. The van der Waals surface area contributed by atoms with E-state index in [-0.39, 0.29) is 5.41 Å². The first kappa shape index (κ1) is 14.9. The molecule has 0 aliphatic heterocycles. The minimum Gasteiger partial charge on any atom is -0.497 e. The Morgan fingerprint density at radius 3 is 2.35 bits per heavy atom. The predicted molar refractivity (Wildman–Crippen MR) is 78.9 cm³/mol. The third kappa shape index (κ3) is 2.30. The number of carboxylic acids is 1. The highest BCUT2D eigenvalue weighted by Gasteiger charge is 2.55. The van der Waals surface area contributed by atoms with E-state index in [1.54, 1.807) is 7.11 Å². The Balaban J connectivity index is 2.16. The molecule has 0 bridgehead atoms. The van der Waals surface area contributed by atoms with Gasteiger partial charge in [0.15, 0.2) is 0 Å². The van der Waals surface area contributed by atoms with Gasteiger partial charge in [0, 0.05) is 0 Å². The molecule has 2 rings (SSSR count). The van der Waals surface area contributed by atoms with Crippen molar-refractivity contribution in [2.24, 2.45) is 16.7 Å². The van der Waals surface area contributed by atoms with E-state index in [4.69, 9.17) is 4.74 Å². The van der Waals surface area contributed by atoms with E-state index in [0.717, 1.165) is 25.0 Å². The minimum atomic E-state index is -0.667. The summed E-state index contributed by atoms with van der Waals surface area (Å²) in [5.74, 6) is 0.589. The summed E-state index contributed by atoms with van der Waals surface area (Å²) in [5, 5.41) is 9.54. The number of carbonyl (C=O) groups is 1. The Labute approximate surface area is 121 Å². The van der Waals surface area contributed by atoms with Gasteiger partial charge in [0.2, 0.25) is 0 Å². The van der Waals surface area contributed by atoms with Crippen molar-refractivity contribution in [2.75, 3.05) is 7.11 Å². The standard InChI is InChI=1S/C17H24O3/c1-16(2)13(9-10-17(16,3)15(18)19)11-12-5-7-14(20-4)8-6-12/h5-8,13H,9-11H2,1-4H3,(H,18,19)/t13-,17-/m1/s1. The molecule has 1 aromatic carbocycles. The first-order valence-electron chi connectivity index (χ1n) is 7.17. The van der Waals surface area contributed by atoms with Gasteiger partial charge in [-0.2, -0.15) is 0 Å². The molecule has 0 heterocycles. The average molecular weight is 276 g/mol. The van der Waals surface area contributed by atoms with Crippen molar-refractivity contribution in [1.29, 1.82) is 0 Å². The molecule has 1 N–H and O–H groups in total. The van der Waals surface area contributed by atoms with Gasteiger partial charge in [0.25, 0.3) is 0 Å². The fourth-order valence-corrected chi connectivity index (χ4v) is 3.38. The first-order valence-corrected chi connectivity index (χ1v) is 7.17. The molecular weight excluding hydrogens is 252 g/mol. The lowest BCUT2D eigenvalue weighted by molar-refractivity contribution is -0.154. The van der Waals surface area contributed by atoms with Crippen LogP contribution in [0, 0.1) is 16.7 Å². The number of methoxy groups -OCH3 is 1. The maximum absolute atomic E-state index is 11.6. The fraction of sp³-hybridized carbons (Fsp3) is 0.588. The number of carboxylic acid groups (broad SMARTS) is 1. The molecule has 110 valence electrons. The van der Waals surface area contributed by atoms with E-state index >= 15 is 0 Å². The normalized spacial score (nSPS) is 28.3. The number of hydrogen-bond acceptors (Lipinski definition) is 2. The molecule has 3 nitrogen and oxygen atoms in total. The molecule has 1 aromatic rings. The van der Waals surface area contributed by atoms with Crippen molar-refractivity contribution in [3.05, 3.63) is 29.8 Å². The van der Waals surface area contributed by atoms with E-state index in [0.29, 0.717) is 5.92 Å². The Hall–Kier alpha value is -1.51. The highest BCUT2D eigenvalue weighted by molar-refractivity contribution is 5.75. The molecule has 1 fully saturated rings. The van der Waals surface area contributed by atoms with Crippen molar-refractivity contribution < 1.29 is 14.6 Å². The van der Waals surface area contributed by atoms with Crippen LogP contribution in [0.4, 0.5) is 0 Å². The van der Waals surface area contributed by atoms with Gasteiger partial charge in [0.1, 0.15) is 5.75 Å². The molecule has 0 radical (unpaired) electrons. The molecule has 20 heavy (non-hydrogen) atoms. The number of aliphatic carboxylic acids is 1. The van der Waals surface area contributed by atoms with E-state index in [1.165, 1.54) is 5.56 Å². The summed E-state index contributed by atoms with van der Waals surface area (Å²) in [6, 6.07) is 8.08. The molecule has 0 aromatic heterocycles. The van der Waals surface area contributed by atoms with Gasteiger partial charge in [-0.3, -0.25) is 4.79 Å². The molecule has 3 heteroatoms. The molecule has 1 aliphatic carbocycles. The first-order chi connectivity index (χ1) is 9.31. The zero-order valence-electron chi connectivity index (χ0n) is 12.8. The van der Waals surface area contributed by atoms with E-state index < -0.39 is 11.4 Å². The van der Waals surface area contributed by atoms with E-state index in [9.17, 15) is 9.90 Å². The van der Waals surface area contributed by atoms with Crippen molar-refractivity contribution in [1.82, 2.24) is 0 Å². The second-order valence-corrected chi connectivity index (χ2v) is 6.65. The highest BCUT2D eigenvalue weighted by Crippen LogP contribution is 2.56. The van der Waals surface area contributed by atoms with Crippen LogP contribution in [0.1, 0.15) is 39.2 Å². The average Bonchev–Trinajstić information content (AvgIpc) is 2.64. The summed E-state index contributed by atoms with van der Waals surface area (Å²) in [4.78, 5) is 11.6. The quantitative estimate of drug-likeness (QED) is 0.910. The number of benzene rings is 1. The highest BCUT2D eigenvalue weighted by atomic mass is 16.5. The number of rotatable bonds is 4. The second kappa shape index (κ2) is 5.12. The lowest BCUT2D eigenvalue weighted by atomic mass is 9.65. The maximum Gasteiger partial charge on any atom is 0.309 e. The molecule has 0 spiro atoms. The molecule has 2 atom stereocenters. The summed E-state index contributed by atoms with van der Waals surface area (Å²) >= 11 is 0. The van der Waals surface area contributed by atoms with Crippen LogP contribution >= 0.6 is 0 Å². The van der Waals surface area contributed by atoms with Gasteiger partial charge in [-0.25, -0.2) is 0 Å². The molecule has 0 amide bonds. The zero-order chi connectivity index (χ0) is 15.0.